The summed E-state index contributed by atoms with van der Waals surface area (Å²) in [5.74, 6) is 0.984. The minimum absolute atomic E-state index is 0.190. The number of hydrogen-bond donors (Lipinski definition) is 0. The van der Waals surface area contributed by atoms with E-state index in [0.29, 0.717) is 6.04 Å². The van der Waals surface area contributed by atoms with Crippen LogP contribution in [0, 0.1) is 0 Å². The highest BCUT2D eigenvalue weighted by molar-refractivity contribution is 5.51. The van der Waals surface area contributed by atoms with Crippen LogP contribution in [0.15, 0.2) is 29.8 Å². The fraction of sp³-hybridized carbons (Fsp3) is 0.556. The molecule has 108 valence electrons. The molecule has 3 rings (SSSR count). The van der Waals surface area contributed by atoms with Crippen LogP contribution in [0.4, 0.5) is 0 Å². The van der Waals surface area contributed by atoms with E-state index in [-0.39, 0.29) is 5.41 Å². The molecule has 2 atom stereocenters. The number of allylic oxidation sites excluding steroid dienone is 1. The quantitative estimate of drug-likeness (QED) is 0.763. The van der Waals surface area contributed by atoms with Gasteiger partial charge in [-0.25, -0.2) is 0 Å². The van der Waals surface area contributed by atoms with Gasteiger partial charge in [-0.05, 0) is 61.7 Å². The number of likely N-dealkylation sites (tertiary alicyclic amines) is 1. The summed E-state index contributed by atoms with van der Waals surface area (Å²) in [6.07, 6.45) is 5.92. The Labute approximate surface area is 122 Å². The molecule has 2 nitrogen and oxygen atoms in total. The number of methoxy groups -OCH3 is 1. The van der Waals surface area contributed by atoms with E-state index in [9.17, 15) is 0 Å². The predicted octanol–water partition coefficient (Wildman–Crippen LogP) is 3.55. The average molecular weight is 271 g/mol. The van der Waals surface area contributed by atoms with Crippen LogP contribution in [0.3, 0.4) is 0 Å². The second-order valence-electron chi connectivity index (χ2n) is 6.37. The number of piperidine rings is 1. The molecule has 0 saturated carbocycles. The van der Waals surface area contributed by atoms with E-state index in [4.69, 9.17) is 4.74 Å². The first-order valence-corrected chi connectivity index (χ1v) is 7.68. The van der Waals surface area contributed by atoms with Gasteiger partial charge in [-0.2, -0.15) is 0 Å². The van der Waals surface area contributed by atoms with Gasteiger partial charge in [-0.3, -0.25) is 4.90 Å². The third-order valence-corrected chi connectivity index (χ3v) is 5.24. The van der Waals surface area contributed by atoms with E-state index in [1.165, 1.54) is 24.1 Å². The third kappa shape index (κ3) is 1.89. The first kappa shape index (κ1) is 13.7. The summed E-state index contributed by atoms with van der Waals surface area (Å²) in [6, 6.07) is 7.21. The number of hydrogen-bond acceptors (Lipinski definition) is 2. The zero-order valence-electron chi connectivity index (χ0n) is 13.1. The summed E-state index contributed by atoms with van der Waals surface area (Å²) < 4.78 is 5.45. The Bertz CT molecular complexity index is 548. The van der Waals surface area contributed by atoms with Crippen LogP contribution in [0.1, 0.15) is 37.8 Å². The van der Waals surface area contributed by atoms with Crippen LogP contribution in [0.2, 0.25) is 0 Å². The molecule has 0 aromatic heterocycles. The Kier molecular flexibility index (Phi) is 3.37. The molecule has 2 unspecified atom stereocenters. The van der Waals surface area contributed by atoms with Crippen LogP contribution in [0.25, 0.3) is 0 Å². The molecule has 2 aliphatic rings. The Balaban J connectivity index is 2.17. The van der Waals surface area contributed by atoms with Crippen LogP contribution >= 0.6 is 0 Å². The summed E-state index contributed by atoms with van der Waals surface area (Å²) in [5, 5.41) is 0. The van der Waals surface area contributed by atoms with E-state index >= 15 is 0 Å². The molecule has 0 spiro atoms. The Hall–Kier alpha value is -1.28. The maximum absolute atomic E-state index is 5.45. The molecule has 1 aliphatic carbocycles. The molecule has 1 aromatic carbocycles. The van der Waals surface area contributed by atoms with E-state index in [1.807, 2.05) is 0 Å². The maximum atomic E-state index is 5.45. The van der Waals surface area contributed by atoms with Crippen molar-refractivity contribution in [1.29, 1.82) is 0 Å². The van der Waals surface area contributed by atoms with Gasteiger partial charge in [0.1, 0.15) is 5.75 Å². The minimum Gasteiger partial charge on any atom is -0.497 e. The molecule has 0 amide bonds. The summed E-state index contributed by atoms with van der Waals surface area (Å²) in [5.41, 5.74) is 4.79. The molecule has 2 bridgehead atoms. The summed E-state index contributed by atoms with van der Waals surface area (Å²) >= 11 is 0. The van der Waals surface area contributed by atoms with Crippen molar-refractivity contribution in [3.8, 4) is 5.75 Å². The molecular weight excluding hydrogens is 246 g/mol. The number of rotatable bonds is 2. The van der Waals surface area contributed by atoms with E-state index in [0.717, 1.165) is 18.6 Å². The van der Waals surface area contributed by atoms with Gasteiger partial charge in [0.25, 0.3) is 0 Å². The Morgan fingerprint density at radius 3 is 2.95 bits per heavy atom. The van der Waals surface area contributed by atoms with Crippen molar-refractivity contribution in [1.82, 2.24) is 4.90 Å². The largest absolute Gasteiger partial charge is 0.497 e. The van der Waals surface area contributed by atoms with E-state index in [2.05, 4.69) is 50.1 Å². The third-order valence-electron chi connectivity index (χ3n) is 5.24. The lowest BCUT2D eigenvalue weighted by Crippen LogP contribution is -2.52. The van der Waals surface area contributed by atoms with Crippen molar-refractivity contribution in [2.24, 2.45) is 0 Å². The monoisotopic (exact) mass is 271 g/mol. The van der Waals surface area contributed by atoms with Crippen molar-refractivity contribution < 1.29 is 4.74 Å². The van der Waals surface area contributed by atoms with Gasteiger partial charge in [-0.15, -0.1) is 0 Å². The molecule has 1 heterocycles. The van der Waals surface area contributed by atoms with Gasteiger partial charge in [0.15, 0.2) is 0 Å². The van der Waals surface area contributed by atoms with E-state index in [1.54, 1.807) is 12.7 Å². The van der Waals surface area contributed by atoms with Crippen molar-refractivity contribution >= 4 is 0 Å². The van der Waals surface area contributed by atoms with Crippen molar-refractivity contribution in [2.45, 2.75) is 44.6 Å². The van der Waals surface area contributed by atoms with Gasteiger partial charge in [0.05, 0.1) is 7.11 Å². The summed E-state index contributed by atoms with van der Waals surface area (Å²) in [4.78, 5) is 2.52. The molecule has 2 heteroatoms. The molecule has 0 radical (unpaired) electrons. The second kappa shape index (κ2) is 4.92. The van der Waals surface area contributed by atoms with Crippen LogP contribution in [-0.2, 0) is 11.8 Å². The number of benzene rings is 1. The zero-order valence-corrected chi connectivity index (χ0v) is 13.1. The highest BCUT2D eigenvalue weighted by Gasteiger charge is 2.45. The van der Waals surface area contributed by atoms with Crippen molar-refractivity contribution in [3.05, 3.63) is 41.0 Å². The molecule has 1 fully saturated rings. The SMILES string of the molecule is CC/C=C1/C2Cc3ccc(OC)cc3C1(C)CCN2C. The smallest absolute Gasteiger partial charge is 0.119 e. The fourth-order valence-electron chi connectivity index (χ4n) is 4.02. The summed E-state index contributed by atoms with van der Waals surface area (Å²) in [6.45, 7) is 5.85. The summed E-state index contributed by atoms with van der Waals surface area (Å²) in [7, 11) is 4.02. The van der Waals surface area contributed by atoms with Gasteiger partial charge >= 0.3 is 0 Å². The Morgan fingerprint density at radius 1 is 1.45 bits per heavy atom. The van der Waals surface area contributed by atoms with Crippen molar-refractivity contribution in [2.75, 3.05) is 20.7 Å². The second-order valence-corrected chi connectivity index (χ2v) is 6.37. The highest BCUT2D eigenvalue weighted by atomic mass is 16.5. The maximum Gasteiger partial charge on any atom is 0.119 e. The predicted molar refractivity (Wildman–Crippen MR) is 83.5 cm³/mol. The van der Waals surface area contributed by atoms with Crippen LogP contribution in [0.5, 0.6) is 5.75 Å². The number of likely N-dealkylation sites (N-methyl/N-ethyl adjacent to an activating group) is 1. The highest BCUT2D eigenvalue weighted by Crippen LogP contribution is 2.48. The first-order chi connectivity index (χ1) is 9.60. The lowest BCUT2D eigenvalue weighted by Gasteiger charge is -2.51. The fourth-order valence-corrected chi connectivity index (χ4v) is 4.02. The molecule has 1 aliphatic heterocycles. The zero-order chi connectivity index (χ0) is 14.3. The standard InChI is InChI=1S/C18H25NO/c1-5-6-15-17-11-13-7-8-14(20-4)12-16(13)18(15,2)9-10-19(17)3/h6-8,12,17H,5,9-11H2,1-4H3/b15-6-. The van der Waals surface area contributed by atoms with Crippen LogP contribution in [-0.4, -0.2) is 31.6 Å². The van der Waals surface area contributed by atoms with Crippen LogP contribution < -0.4 is 4.74 Å². The molecule has 1 aromatic rings. The van der Waals surface area contributed by atoms with Gasteiger partial charge < -0.3 is 4.74 Å². The molecule has 0 N–H and O–H groups in total. The lowest BCUT2D eigenvalue weighted by molar-refractivity contribution is 0.175. The molecule has 20 heavy (non-hydrogen) atoms. The molecule has 1 saturated heterocycles. The average Bonchev–Trinajstić information content (AvgIpc) is 2.46. The number of fused-ring (bicyclic) bond motifs is 4. The van der Waals surface area contributed by atoms with Gasteiger partial charge in [0, 0.05) is 11.5 Å². The van der Waals surface area contributed by atoms with Crippen molar-refractivity contribution in [3.63, 3.8) is 0 Å². The normalized spacial score (nSPS) is 31.2. The minimum atomic E-state index is 0.190. The Morgan fingerprint density at radius 2 is 2.25 bits per heavy atom. The topological polar surface area (TPSA) is 12.5 Å². The molecular formula is C18H25NO. The first-order valence-electron chi connectivity index (χ1n) is 7.68. The number of nitrogens with zero attached hydrogens (tertiary/aromatic N) is 1. The van der Waals surface area contributed by atoms with Gasteiger partial charge in [0.2, 0.25) is 0 Å². The van der Waals surface area contributed by atoms with Gasteiger partial charge in [-0.1, -0.05) is 26.0 Å². The van der Waals surface area contributed by atoms with E-state index < -0.39 is 0 Å². The number of ether oxygens (including phenoxy) is 1. The lowest BCUT2D eigenvalue weighted by atomic mass is 9.61.